The molecule has 0 spiro atoms. The zero-order valence-electron chi connectivity index (χ0n) is 21.9. The number of benzene rings is 1. The van der Waals surface area contributed by atoms with Gasteiger partial charge in [-0.2, -0.15) is 0 Å². The molecule has 0 radical (unpaired) electrons. The Labute approximate surface area is 217 Å². The van der Waals surface area contributed by atoms with E-state index in [0.717, 1.165) is 62.5 Å². The predicted molar refractivity (Wildman–Crippen MR) is 136 cm³/mol. The van der Waals surface area contributed by atoms with E-state index in [0.29, 0.717) is 36.3 Å². The Balaban J connectivity index is 1.18. The summed E-state index contributed by atoms with van der Waals surface area (Å²) >= 11 is 0. The van der Waals surface area contributed by atoms with Gasteiger partial charge in [0.15, 0.2) is 0 Å². The summed E-state index contributed by atoms with van der Waals surface area (Å²) in [6.45, 7) is 10.3. The second-order valence-electron chi connectivity index (χ2n) is 10.7. The molecule has 198 valence electrons. The second-order valence-corrected chi connectivity index (χ2v) is 10.7. The molecule has 1 aromatic carbocycles. The molecule has 3 aliphatic heterocycles. The third-order valence-electron chi connectivity index (χ3n) is 7.97. The number of amides is 2. The Morgan fingerprint density at radius 2 is 1.81 bits per heavy atom. The van der Waals surface area contributed by atoms with Crippen LogP contribution in [0.5, 0.6) is 0 Å². The normalized spacial score (nSPS) is 24.3. The number of carbonyl (C=O) groups is 2. The van der Waals surface area contributed by atoms with E-state index in [4.69, 9.17) is 4.74 Å². The standard InChI is InChI=1S/C28H36FN5O3/c1-17-26(18(2)31-19(3)30-17)28(36)34-15-21-13-33(14-22(21)16-34)10-9-24(20-6-4-7-23(29)12-20)32-27(35)25-8-5-11-37-25/h4,6-7,12,21-22,24-25H,5,8-11,13-16H2,1-3H3,(H,32,35)/t21?,22?,24-,25?/m0/s1. The number of rotatable bonds is 7. The molecule has 8 nitrogen and oxygen atoms in total. The number of hydrogen-bond acceptors (Lipinski definition) is 6. The van der Waals surface area contributed by atoms with Crippen LogP contribution in [0.3, 0.4) is 0 Å². The molecule has 4 heterocycles. The lowest BCUT2D eigenvalue weighted by Gasteiger charge is -2.26. The number of nitrogens with one attached hydrogen (secondary N) is 1. The van der Waals surface area contributed by atoms with Crippen molar-refractivity contribution in [3.05, 3.63) is 58.4 Å². The van der Waals surface area contributed by atoms with Crippen LogP contribution in [0.15, 0.2) is 24.3 Å². The number of halogens is 1. The molecule has 0 saturated carbocycles. The van der Waals surface area contributed by atoms with E-state index >= 15 is 0 Å². The first kappa shape index (κ1) is 25.7. The van der Waals surface area contributed by atoms with E-state index in [-0.39, 0.29) is 23.7 Å². The number of fused-ring (bicyclic) bond motifs is 1. The van der Waals surface area contributed by atoms with Crippen LogP contribution in [0, 0.1) is 38.4 Å². The van der Waals surface area contributed by atoms with Crippen molar-refractivity contribution in [1.82, 2.24) is 25.1 Å². The molecule has 0 aliphatic carbocycles. The highest BCUT2D eigenvalue weighted by atomic mass is 19.1. The van der Waals surface area contributed by atoms with Crippen molar-refractivity contribution in [3.8, 4) is 0 Å². The summed E-state index contributed by atoms with van der Waals surface area (Å²) in [5.41, 5.74) is 2.88. The van der Waals surface area contributed by atoms with Gasteiger partial charge in [0.05, 0.1) is 23.0 Å². The van der Waals surface area contributed by atoms with Gasteiger partial charge in [-0.25, -0.2) is 14.4 Å². The van der Waals surface area contributed by atoms with Crippen LogP contribution in [-0.4, -0.2) is 77.0 Å². The molecule has 4 atom stereocenters. The fourth-order valence-corrected chi connectivity index (χ4v) is 6.20. The maximum absolute atomic E-state index is 14.0. The zero-order chi connectivity index (χ0) is 26.1. The molecule has 2 amide bonds. The smallest absolute Gasteiger partial charge is 0.257 e. The van der Waals surface area contributed by atoms with Crippen molar-refractivity contribution < 1.29 is 18.7 Å². The number of likely N-dealkylation sites (tertiary alicyclic amines) is 2. The van der Waals surface area contributed by atoms with E-state index in [1.165, 1.54) is 12.1 Å². The summed E-state index contributed by atoms with van der Waals surface area (Å²) in [4.78, 5) is 39.2. The van der Waals surface area contributed by atoms with E-state index in [1.807, 2.05) is 31.7 Å². The van der Waals surface area contributed by atoms with Crippen LogP contribution in [0.4, 0.5) is 4.39 Å². The molecule has 3 saturated heterocycles. The third-order valence-corrected chi connectivity index (χ3v) is 7.97. The number of aromatic nitrogens is 2. The monoisotopic (exact) mass is 509 g/mol. The molecule has 37 heavy (non-hydrogen) atoms. The summed E-state index contributed by atoms with van der Waals surface area (Å²) in [7, 11) is 0. The summed E-state index contributed by atoms with van der Waals surface area (Å²) in [5.74, 6) is 1.13. The van der Waals surface area contributed by atoms with Crippen LogP contribution in [0.1, 0.15) is 58.4 Å². The fourth-order valence-electron chi connectivity index (χ4n) is 6.20. The van der Waals surface area contributed by atoms with Gasteiger partial charge in [0, 0.05) is 39.3 Å². The van der Waals surface area contributed by atoms with Crippen molar-refractivity contribution in [2.75, 3.05) is 39.3 Å². The quantitative estimate of drug-likeness (QED) is 0.618. The Hall–Kier alpha value is -2.91. The van der Waals surface area contributed by atoms with Gasteiger partial charge >= 0.3 is 0 Å². The number of aryl methyl sites for hydroxylation is 3. The molecule has 0 bridgehead atoms. The Kier molecular flexibility index (Phi) is 7.53. The SMILES string of the molecule is Cc1nc(C)c(C(=O)N2CC3CN(CC[C@H](NC(=O)C4CCCO4)c4cccc(F)c4)CC3C2)c(C)n1. The van der Waals surface area contributed by atoms with Gasteiger partial charge in [-0.05, 0) is 69.6 Å². The molecule has 3 aliphatic rings. The van der Waals surface area contributed by atoms with Crippen molar-refractivity contribution in [3.63, 3.8) is 0 Å². The van der Waals surface area contributed by atoms with Crippen LogP contribution >= 0.6 is 0 Å². The Bertz CT molecular complexity index is 1130. The lowest BCUT2D eigenvalue weighted by molar-refractivity contribution is -0.130. The predicted octanol–water partition coefficient (Wildman–Crippen LogP) is 2.97. The minimum atomic E-state index is -0.420. The Morgan fingerprint density at radius 3 is 2.43 bits per heavy atom. The number of hydrogen-bond donors (Lipinski definition) is 1. The van der Waals surface area contributed by atoms with Crippen LogP contribution < -0.4 is 5.32 Å². The minimum absolute atomic E-state index is 0.0268. The molecule has 5 rings (SSSR count). The summed E-state index contributed by atoms with van der Waals surface area (Å²) < 4.78 is 19.5. The average Bonchev–Trinajstić information content (AvgIpc) is 3.58. The van der Waals surface area contributed by atoms with Gasteiger partial charge in [-0.1, -0.05) is 12.1 Å². The summed E-state index contributed by atoms with van der Waals surface area (Å²) in [6.07, 6.45) is 1.87. The van der Waals surface area contributed by atoms with Crippen molar-refractivity contribution >= 4 is 11.8 Å². The van der Waals surface area contributed by atoms with E-state index in [9.17, 15) is 14.0 Å². The average molecular weight is 510 g/mol. The van der Waals surface area contributed by atoms with Gasteiger partial charge < -0.3 is 19.9 Å². The van der Waals surface area contributed by atoms with Crippen molar-refractivity contribution in [2.24, 2.45) is 11.8 Å². The highest BCUT2D eigenvalue weighted by Gasteiger charge is 2.42. The van der Waals surface area contributed by atoms with E-state index in [1.54, 1.807) is 6.07 Å². The van der Waals surface area contributed by atoms with Gasteiger partial charge in [0.1, 0.15) is 17.7 Å². The lowest BCUT2D eigenvalue weighted by Crippen LogP contribution is -2.39. The lowest BCUT2D eigenvalue weighted by atomic mass is 10.0. The second kappa shape index (κ2) is 10.8. The van der Waals surface area contributed by atoms with E-state index in [2.05, 4.69) is 20.2 Å². The van der Waals surface area contributed by atoms with Gasteiger partial charge in [0.25, 0.3) is 5.91 Å². The highest BCUT2D eigenvalue weighted by Crippen LogP contribution is 2.33. The first-order valence-corrected chi connectivity index (χ1v) is 13.3. The van der Waals surface area contributed by atoms with E-state index < -0.39 is 6.10 Å². The first-order chi connectivity index (χ1) is 17.8. The molecule has 1 aromatic heterocycles. The highest BCUT2D eigenvalue weighted by molar-refractivity contribution is 5.96. The third kappa shape index (κ3) is 5.67. The number of carbonyl (C=O) groups excluding carboxylic acids is 2. The zero-order valence-corrected chi connectivity index (χ0v) is 21.9. The molecule has 3 fully saturated rings. The van der Waals surface area contributed by atoms with Crippen LogP contribution in [0.25, 0.3) is 0 Å². The number of nitrogens with zero attached hydrogens (tertiary/aromatic N) is 4. The number of ether oxygens (including phenoxy) is 1. The van der Waals surface area contributed by atoms with Gasteiger partial charge in [-0.3, -0.25) is 9.59 Å². The topological polar surface area (TPSA) is 87.7 Å². The molecule has 9 heteroatoms. The minimum Gasteiger partial charge on any atom is -0.368 e. The maximum Gasteiger partial charge on any atom is 0.257 e. The molecule has 1 N–H and O–H groups in total. The van der Waals surface area contributed by atoms with Crippen molar-refractivity contribution in [2.45, 2.75) is 52.2 Å². The van der Waals surface area contributed by atoms with Crippen molar-refractivity contribution in [1.29, 1.82) is 0 Å². The first-order valence-electron chi connectivity index (χ1n) is 13.3. The van der Waals surface area contributed by atoms with Crippen LogP contribution in [0.2, 0.25) is 0 Å². The Morgan fingerprint density at radius 1 is 1.11 bits per heavy atom. The maximum atomic E-state index is 14.0. The molecule has 2 aromatic rings. The molecule has 3 unspecified atom stereocenters. The fraction of sp³-hybridized carbons (Fsp3) is 0.571. The molecular formula is C28H36FN5O3. The van der Waals surface area contributed by atoms with Gasteiger partial charge in [-0.15, -0.1) is 0 Å². The van der Waals surface area contributed by atoms with Gasteiger partial charge in [0.2, 0.25) is 5.91 Å². The summed E-state index contributed by atoms with van der Waals surface area (Å²) in [6, 6.07) is 6.19. The molecular weight excluding hydrogens is 473 g/mol. The summed E-state index contributed by atoms with van der Waals surface area (Å²) in [5, 5.41) is 3.11. The largest absolute Gasteiger partial charge is 0.368 e. The van der Waals surface area contributed by atoms with Crippen LogP contribution in [-0.2, 0) is 9.53 Å².